The number of carbonyl (C=O) groups excluding carboxylic acids is 1. The van der Waals surface area contributed by atoms with Crippen LogP contribution in [0.2, 0.25) is 0 Å². The van der Waals surface area contributed by atoms with Crippen LogP contribution in [0.4, 0.5) is 11.6 Å². The number of amides is 1. The van der Waals surface area contributed by atoms with Crippen LogP contribution in [0.15, 0.2) is 43.1 Å². The van der Waals surface area contributed by atoms with Gasteiger partial charge in [-0.3, -0.25) is 9.78 Å². The van der Waals surface area contributed by atoms with E-state index in [9.17, 15) is 4.79 Å². The molecule has 0 unspecified atom stereocenters. The number of likely N-dealkylation sites (tertiary alicyclic amines) is 1. The minimum atomic E-state index is -0.00703. The van der Waals surface area contributed by atoms with Gasteiger partial charge in [0.1, 0.15) is 11.5 Å². The van der Waals surface area contributed by atoms with Gasteiger partial charge in [-0.2, -0.15) is 0 Å². The van der Waals surface area contributed by atoms with Crippen molar-refractivity contribution in [2.24, 2.45) is 0 Å². The zero-order valence-corrected chi connectivity index (χ0v) is 15.1. The zero-order valence-electron chi connectivity index (χ0n) is 15.1. The molecule has 1 aliphatic heterocycles. The van der Waals surface area contributed by atoms with E-state index in [2.05, 4.69) is 30.2 Å². The molecule has 1 aliphatic rings. The van der Waals surface area contributed by atoms with Crippen LogP contribution in [0, 0.1) is 6.92 Å². The molecule has 27 heavy (non-hydrogen) atoms. The van der Waals surface area contributed by atoms with Gasteiger partial charge in [0.15, 0.2) is 5.82 Å². The molecule has 3 aromatic rings. The van der Waals surface area contributed by atoms with E-state index in [4.69, 9.17) is 0 Å². The van der Waals surface area contributed by atoms with Crippen molar-refractivity contribution >= 4 is 17.5 Å². The fourth-order valence-electron chi connectivity index (χ4n) is 3.38. The lowest BCUT2D eigenvalue weighted by atomic mass is 9.93. The number of piperidine rings is 1. The minimum Gasteiger partial charge on any atom is -0.341 e. The SMILES string of the molecule is Cc1cccc(Nc2nccnc2C2CCN(C(=O)c3cnc[nH]3)CC2)n1. The summed E-state index contributed by atoms with van der Waals surface area (Å²) < 4.78 is 0. The molecule has 3 aromatic heterocycles. The van der Waals surface area contributed by atoms with Crippen LogP contribution in [0.1, 0.15) is 40.6 Å². The Bertz CT molecular complexity index is 917. The number of hydrogen-bond donors (Lipinski definition) is 2. The second-order valence-corrected chi connectivity index (χ2v) is 6.61. The first-order valence-corrected chi connectivity index (χ1v) is 9.00. The monoisotopic (exact) mass is 363 g/mol. The molecule has 4 heterocycles. The quantitative estimate of drug-likeness (QED) is 0.739. The summed E-state index contributed by atoms with van der Waals surface area (Å²) in [6.07, 6.45) is 8.17. The average molecular weight is 363 g/mol. The molecule has 4 rings (SSSR count). The van der Waals surface area contributed by atoms with Gasteiger partial charge in [-0.25, -0.2) is 15.0 Å². The number of aromatic amines is 1. The molecular formula is C19H21N7O. The van der Waals surface area contributed by atoms with E-state index >= 15 is 0 Å². The lowest BCUT2D eigenvalue weighted by Gasteiger charge is -2.31. The topological polar surface area (TPSA) is 99.7 Å². The van der Waals surface area contributed by atoms with E-state index in [0.29, 0.717) is 18.8 Å². The lowest BCUT2D eigenvalue weighted by molar-refractivity contribution is 0.0707. The van der Waals surface area contributed by atoms with Gasteiger partial charge in [0, 0.05) is 37.1 Å². The van der Waals surface area contributed by atoms with Gasteiger partial charge in [0.25, 0.3) is 5.91 Å². The lowest BCUT2D eigenvalue weighted by Crippen LogP contribution is -2.38. The van der Waals surface area contributed by atoms with E-state index in [1.54, 1.807) is 18.6 Å². The minimum absolute atomic E-state index is 0.00703. The van der Waals surface area contributed by atoms with Crippen molar-refractivity contribution in [3.05, 3.63) is 60.2 Å². The molecule has 0 saturated carbocycles. The highest BCUT2D eigenvalue weighted by Gasteiger charge is 2.27. The molecule has 0 atom stereocenters. The van der Waals surface area contributed by atoms with E-state index < -0.39 is 0 Å². The largest absolute Gasteiger partial charge is 0.341 e. The summed E-state index contributed by atoms with van der Waals surface area (Å²) in [6, 6.07) is 5.83. The maximum atomic E-state index is 12.5. The molecule has 8 nitrogen and oxygen atoms in total. The van der Waals surface area contributed by atoms with Crippen LogP contribution in [-0.2, 0) is 0 Å². The van der Waals surface area contributed by atoms with Crippen LogP contribution in [0.3, 0.4) is 0 Å². The third-order valence-corrected chi connectivity index (χ3v) is 4.76. The summed E-state index contributed by atoms with van der Waals surface area (Å²) in [5, 5.41) is 3.29. The van der Waals surface area contributed by atoms with Crippen LogP contribution < -0.4 is 5.32 Å². The second-order valence-electron chi connectivity index (χ2n) is 6.61. The number of imidazole rings is 1. The number of H-pyrrole nitrogens is 1. The molecule has 1 fully saturated rings. The van der Waals surface area contributed by atoms with Gasteiger partial charge >= 0.3 is 0 Å². The Labute approximate surface area is 157 Å². The molecule has 0 bridgehead atoms. The fraction of sp³-hybridized carbons (Fsp3) is 0.316. The predicted octanol–water partition coefficient (Wildman–Crippen LogP) is 2.67. The summed E-state index contributed by atoms with van der Waals surface area (Å²) >= 11 is 0. The zero-order chi connectivity index (χ0) is 18.6. The van der Waals surface area contributed by atoms with Gasteiger partial charge in [-0.05, 0) is 31.9 Å². The van der Waals surface area contributed by atoms with Gasteiger partial charge < -0.3 is 15.2 Å². The van der Waals surface area contributed by atoms with E-state index in [0.717, 1.165) is 35.9 Å². The molecule has 1 amide bonds. The Kier molecular flexibility index (Phi) is 4.78. The first kappa shape index (κ1) is 17.1. The summed E-state index contributed by atoms with van der Waals surface area (Å²) in [5.74, 6) is 1.72. The molecule has 2 N–H and O–H groups in total. The molecule has 1 saturated heterocycles. The highest BCUT2D eigenvalue weighted by atomic mass is 16.2. The molecule has 0 radical (unpaired) electrons. The normalized spacial score (nSPS) is 14.9. The predicted molar refractivity (Wildman–Crippen MR) is 101 cm³/mol. The van der Waals surface area contributed by atoms with Crippen LogP contribution in [0.25, 0.3) is 0 Å². The van der Waals surface area contributed by atoms with Crippen molar-refractivity contribution in [3.8, 4) is 0 Å². The van der Waals surface area contributed by atoms with Crippen LogP contribution in [0.5, 0.6) is 0 Å². The van der Waals surface area contributed by atoms with Crippen LogP contribution >= 0.6 is 0 Å². The van der Waals surface area contributed by atoms with Crippen molar-refractivity contribution in [1.29, 1.82) is 0 Å². The maximum Gasteiger partial charge on any atom is 0.271 e. The first-order valence-electron chi connectivity index (χ1n) is 9.00. The Morgan fingerprint density at radius 1 is 1.22 bits per heavy atom. The molecule has 0 aliphatic carbocycles. The van der Waals surface area contributed by atoms with Crippen molar-refractivity contribution in [2.75, 3.05) is 18.4 Å². The molecule has 0 spiro atoms. The number of pyridine rings is 1. The number of rotatable bonds is 4. The molecule has 8 heteroatoms. The van der Waals surface area contributed by atoms with E-state index in [1.807, 2.05) is 30.0 Å². The summed E-state index contributed by atoms with van der Waals surface area (Å²) in [6.45, 7) is 3.32. The number of hydrogen-bond acceptors (Lipinski definition) is 6. The average Bonchev–Trinajstić information content (AvgIpc) is 3.23. The smallest absolute Gasteiger partial charge is 0.271 e. The summed E-state index contributed by atoms with van der Waals surface area (Å²) in [4.78, 5) is 34.6. The number of anilines is 2. The molecular weight excluding hydrogens is 342 g/mol. The van der Waals surface area contributed by atoms with Gasteiger partial charge in [0.05, 0.1) is 18.2 Å². The number of nitrogens with zero attached hydrogens (tertiary/aromatic N) is 5. The highest BCUT2D eigenvalue weighted by molar-refractivity contribution is 5.92. The summed E-state index contributed by atoms with van der Waals surface area (Å²) in [5.41, 5.74) is 2.39. The van der Waals surface area contributed by atoms with Crippen LogP contribution in [-0.4, -0.2) is 48.8 Å². The Balaban J connectivity index is 1.46. The Morgan fingerprint density at radius 3 is 2.78 bits per heavy atom. The third-order valence-electron chi connectivity index (χ3n) is 4.76. The third kappa shape index (κ3) is 3.79. The van der Waals surface area contributed by atoms with E-state index in [1.165, 1.54) is 6.33 Å². The van der Waals surface area contributed by atoms with Gasteiger partial charge in [-0.1, -0.05) is 6.07 Å². The number of aromatic nitrogens is 5. The highest BCUT2D eigenvalue weighted by Crippen LogP contribution is 2.31. The Hall–Kier alpha value is -3.29. The van der Waals surface area contributed by atoms with Crippen molar-refractivity contribution < 1.29 is 4.79 Å². The van der Waals surface area contributed by atoms with Gasteiger partial charge in [0.2, 0.25) is 0 Å². The molecule has 138 valence electrons. The van der Waals surface area contributed by atoms with Gasteiger partial charge in [-0.15, -0.1) is 0 Å². The fourth-order valence-corrected chi connectivity index (χ4v) is 3.38. The first-order chi connectivity index (χ1) is 13.2. The number of carbonyl (C=O) groups is 1. The Morgan fingerprint density at radius 2 is 2.04 bits per heavy atom. The molecule has 0 aromatic carbocycles. The van der Waals surface area contributed by atoms with Crippen molar-refractivity contribution in [1.82, 2.24) is 29.8 Å². The number of nitrogens with one attached hydrogen (secondary N) is 2. The maximum absolute atomic E-state index is 12.5. The number of aryl methyl sites for hydroxylation is 1. The van der Waals surface area contributed by atoms with E-state index in [-0.39, 0.29) is 11.8 Å². The van der Waals surface area contributed by atoms with Crippen molar-refractivity contribution in [3.63, 3.8) is 0 Å². The van der Waals surface area contributed by atoms with Crippen molar-refractivity contribution in [2.45, 2.75) is 25.7 Å². The standard InChI is InChI=1S/C19H21N7O/c1-13-3-2-4-16(24-13)25-18-17(21-7-8-22-18)14-5-9-26(10-6-14)19(27)15-11-20-12-23-15/h2-4,7-8,11-12,14H,5-6,9-10H2,1H3,(H,20,23)(H,22,24,25). The second kappa shape index (κ2) is 7.53. The summed E-state index contributed by atoms with van der Waals surface area (Å²) in [7, 11) is 0.